The Hall–Kier alpha value is -1.79. The van der Waals surface area contributed by atoms with Gasteiger partial charge in [0, 0.05) is 13.1 Å². The molecule has 0 rings (SSSR count). The Kier molecular flexibility index (Phi) is 7.02. The fraction of sp³-hybridized carbons (Fsp3) is 0.769. The van der Waals surface area contributed by atoms with Crippen molar-refractivity contribution >= 4 is 17.9 Å². The van der Waals surface area contributed by atoms with Crippen molar-refractivity contribution in [2.24, 2.45) is 17.1 Å². The van der Waals surface area contributed by atoms with Gasteiger partial charge in [0.1, 0.15) is 6.54 Å². The van der Waals surface area contributed by atoms with Crippen molar-refractivity contribution in [2.45, 2.75) is 34.1 Å². The molecule has 0 bridgehead atoms. The third kappa shape index (κ3) is 7.60. The number of carbonyl (C=O) groups excluding carboxylic acids is 2. The van der Waals surface area contributed by atoms with E-state index in [-0.39, 0.29) is 18.5 Å². The molecule has 1 atom stereocenters. The molecular weight excluding hydrogens is 262 g/mol. The molecule has 0 aliphatic heterocycles. The topological polar surface area (TPSA) is 113 Å². The van der Waals surface area contributed by atoms with Gasteiger partial charge in [-0.25, -0.2) is 4.79 Å². The predicted molar refractivity (Wildman–Crippen MR) is 75.0 cm³/mol. The lowest BCUT2D eigenvalue weighted by Crippen LogP contribution is -2.46. The number of nitrogens with two attached hydrogens (primary N) is 1. The Bertz CT molecular complexity index is 363. The number of nitrogens with one attached hydrogen (secondary N) is 1. The highest BCUT2D eigenvalue weighted by molar-refractivity contribution is 5.83. The largest absolute Gasteiger partial charge is 0.481 e. The van der Waals surface area contributed by atoms with Gasteiger partial charge in [-0.05, 0) is 18.8 Å². The molecule has 1 unspecified atom stereocenters. The minimum absolute atomic E-state index is 0.0285. The van der Waals surface area contributed by atoms with Gasteiger partial charge in [0.2, 0.25) is 5.91 Å². The molecule has 0 heterocycles. The molecule has 7 nitrogen and oxygen atoms in total. The van der Waals surface area contributed by atoms with E-state index in [9.17, 15) is 14.4 Å². The molecular formula is C13H25N3O4. The zero-order valence-electron chi connectivity index (χ0n) is 12.6. The highest BCUT2D eigenvalue weighted by Gasteiger charge is 2.25. The van der Waals surface area contributed by atoms with E-state index in [2.05, 4.69) is 5.32 Å². The molecule has 0 aromatic rings. The molecule has 4 N–H and O–H groups in total. The second kappa shape index (κ2) is 7.72. The van der Waals surface area contributed by atoms with E-state index in [0.717, 1.165) is 0 Å². The highest BCUT2D eigenvalue weighted by atomic mass is 16.4. The summed E-state index contributed by atoms with van der Waals surface area (Å²) in [6, 6.07) is -0.480. The Morgan fingerprint density at radius 1 is 1.30 bits per heavy atom. The minimum Gasteiger partial charge on any atom is -0.481 e. The Morgan fingerprint density at radius 3 is 2.20 bits per heavy atom. The van der Waals surface area contributed by atoms with E-state index in [4.69, 9.17) is 10.8 Å². The van der Waals surface area contributed by atoms with Crippen molar-refractivity contribution in [1.29, 1.82) is 0 Å². The van der Waals surface area contributed by atoms with Crippen LogP contribution in [0.3, 0.4) is 0 Å². The summed E-state index contributed by atoms with van der Waals surface area (Å²) < 4.78 is 0. The zero-order valence-corrected chi connectivity index (χ0v) is 12.6. The average Bonchev–Trinajstić information content (AvgIpc) is 2.28. The first-order chi connectivity index (χ1) is 9.06. The van der Waals surface area contributed by atoms with Crippen LogP contribution in [-0.2, 0) is 9.59 Å². The van der Waals surface area contributed by atoms with Gasteiger partial charge in [-0.3, -0.25) is 9.59 Å². The first kappa shape index (κ1) is 18.2. The van der Waals surface area contributed by atoms with Gasteiger partial charge in [-0.1, -0.05) is 20.8 Å². The molecule has 0 aliphatic carbocycles. The summed E-state index contributed by atoms with van der Waals surface area (Å²) in [6.45, 7) is 7.71. The summed E-state index contributed by atoms with van der Waals surface area (Å²) in [7, 11) is 0. The average molecular weight is 287 g/mol. The summed E-state index contributed by atoms with van der Waals surface area (Å²) in [6.07, 6.45) is 0.449. The normalized spacial score (nSPS) is 12.6. The Balaban J connectivity index is 4.50. The Morgan fingerprint density at radius 2 is 1.85 bits per heavy atom. The van der Waals surface area contributed by atoms with Gasteiger partial charge >= 0.3 is 12.0 Å². The third-order valence-corrected chi connectivity index (χ3v) is 2.72. The van der Waals surface area contributed by atoms with Gasteiger partial charge < -0.3 is 21.1 Å². The number of carboxylic acids is 1. The third-order valence-electron chi connectivity index (χ3n) is 2.72. The number of carboxylic acid groups (broad SMARTS) is 1. The van der Waals surface area contributed by atoms with Crippen LogP contribution in [0.15, 0.2) is 0 Å². The maximum absolute atomic E-state index is 11.8. The maximum atomic E-state index is 11.8. The van der Waals surface area contributed by atoms with Crippen LogP contribution in [0.2, 0.25) is 0 Å². The van der Waals surface area contributed by atoms with Crippen LogP contribution in [-0.4, -0.2) is 47.5 Å². The first-order valence-corrected chi connectivity index (χ1v) is 6.60. The number of rotatable bonds is 7. The molecule has 7 heteroatoms. The maximum Gasteiger partial charge on any atom is 0.317 e. The fourth-order valence-electron chi connectivity index (χ4n) is 1.82. The van der Waals surface area contributed by atoms with Crippen molar-refractivity contribution in [3.8, 4) is 0 Å². The summed E-state index contributed by atoms with van der Waals surface area (Å²) in [5.41, 5.74) is 4.89. The molecule has 3 amide bonds. The molecule has 116 valence electrons. The predicted octanol–water partition coefficient (Wildman–Crippen LogP) is 0.640. The fourth-order valence-corrected chi connectivity index (χ4v) is 1.82. The highest BCUT2D eigenvalue weighted by Crippen LogP contribution is 2.24. The summed E-state index contributed by atoms with van der Waals surface area (Å²) in [4.78, 5) is 35.0. The first-order valence-electron chi connectivity index (χ1n) is 6.60. The van der Waals surface area contributed by atoms with Crippen LogP contribution in [0.5, 0.6) is 0 Å². The number of urea groups is 1. The van der Waals surface area contributed by atoms with E-state index in [1.807, 2.05) is 20.8 Å². The number of amides is 3. The van der Waals surface area contributed by atoms with E-state index in [1.54, 1.807) is 6.92 Å². The number of aliphatic carboxylic acids is 1. The number of nitrogens with zero attached hydrogens (tertiary/aromatic N) is 1. The Labute approximate surface area is 119 Å². The van der Waals surface area contributed by atoms with Crippen LogP contribution >= 0.6 is 0 Å². The molecule has 0 spiro atoms. The van der Waals surface area contributed by atoms with Crippen molar-refractivity contribution in [3.63, 3.8) is 0 Å². The van der Waals surface area contributed by atoms with Gasteiger partial charge in [0.05, 0.1) is 5.92 Å². The second-order valence-corrected chi connectivity index (χ2v) is 5.97. The summed E-state index contributed by atoms with van der Waals surface area (Å²) >= 11 is 0. The van der Waals surface area contributed by atoms with Crippen LogP contribution in [0.25, 0.3) is 0 Å². The molecule has 0 aliphatic rings. The van der Waals surface area contributed by atoms with Gasteiger partial charge in [0.15, 0.2) is 0 Å². The van der Waals surface area contributed by atoms with Crippen LogP contribution in [0, 0.1) is 11.3 Å². The number of hydrogen-bond donors (Lipinski definition) is 3. The van der Waals surface area contributed by atoms with E-state index in [0.29, 0.717) is 13.0 Å². The lowest BCUT2D eigenvalue weighted by molar-refractivity contribution is -0.142. The van der Waals surface area contributed by atoms with Crippen molar-refractivity contribution in [3.05, 3.63) is 0 Å². The zero-order chi connectivity index (χ0) is 15.9. The molecule has 0 fully saturated rings. The smallest absolute Gasteiger partial charge is 0.317 e. The second-order valence-electron chi connectivity index (χ2n) is 5.97. The molecule has 20 heavy (non-hydrogen) atoms. The number of hydrogen-bond acceptors (Lipinski definition) is 3. The van der Waals surface area contributed by atoms with Gasteiger partial charge in [0.25, 0.3) is 0 Å². The van der Waals surface area contributed by atoms with E-state index in [1.165, 1.54) is 4.90 Å². The van der Waals surface area contributed by atoms with Crippen molar-refractivity contribution in [1.82, 2.24) is 10.2 Å². The lowest BCUT2D eigenvalue weighted by Gasteiger charge is -2.25. The number of carbonyl (C=O) groups is 3. The van der Waals surface area contributed by atoms with E-state index < -0.39 is 23.8 Å². The summed E-state index contributed by atoms with van der Waals surface area (Å²) in [5.74, 6) is -2.21. The monoisotopic (exact) mass is 287 g/mol. The van der Waals surface area contributed by atoms with Crippen LogP contribution < -0.4 is 11.1 Å². The SMILES string of the molecule is CCN(CC(N)=O)C(=O)NCC(CC(C)(C)C)C(=O)O. The van der Waals surface area contributed by atoms with Gasteiger partial charge in [-0.2, -0.15) is 0 Å². The van der Waals surface area contributed by atoms with Crippen LogP contribution in [0.4, 0.5) is 4.79 Å². The lowest BCUT2D eigenvalue weighted by atomic mass is 9.84. The standard InChI is InChI=1S/C13H25N3O4/c1-5-16(8-10(14)17)12(20)15-7-9(11(18)19)6-13(2,3)4/h9H,5-8H2,1-4H3,(H2,14,17)(H,15,20)(H,18,19). The van der Waals surface area contributed by atoms with Gasteiger partial charge in [-0.15, -0.1) is 0 Å². The summed E-state index contributed by atoms with van der Waals surface area (Å²) in [5, 5.41) is 11.7. The molecule has 0 saturated heterocycles. The minimum atomic E-state index is -0.946. The van der Waals surface area contributed by atoms with Crippen molar-refractivity contribution < 1.29 is 19.5 Å². The van der Waals surface area contributed by atoms with Crippen molar-refractivity contribution in [2.75, 3.05) is 19.6 Å². The molecule has 0 aromatic heterocycles. The molecule has 0 aromatic carbocycles. The number of likely N-dealkylation sites (N-methyl/N-ethyl adjacent to an activating group) is 1. The van der Waals surface area contributed by atoms with Crippen LogP contribution in [0.1, 0.15) is 34.1 Å². The molecule has 0 saturated carbocycles. The van der Waals surface area contributed by atoms with E-state index >= 15 is 0 Å². The molecule has 0 radical (unpaired) electrons. The quantitative estimate of drug-likeness (QED) is 0.637. The number of primary amides is 1.